The first-order valence-corrected chi connectivity index (χ1v) is 8.20. The summed E-state index contributed by atoms with van der Waals surface area (Å²) in [5.74, 6) is -0.168. The van der Waals surface area contributed by atoms with Crippen LogP contribution in [0.4, 0.5) is 5.69 Å². The van der Waals surface area contributed by atoms with Crippen molar-refractivity contribution in [2.75, 3.05) is 24.1 Å². The zero-order valence-electron chi connectivity index (χ0n) is 14.4. The second-order valence-electron chi connectivity index (χ2n) is 5.26. The van der Waals surface area contributed by atoms with E-state index < -0.39 is 0 Å². The number of alkyl halides is 1. The van der Waals surface area contributed by atoms with Gasteiger partial charge in [-0.3, -0.25) is 9.69 Å². The number of aryl methyl sites for hydroxylation is 2. The average molecular weight is 329 g/mol. The summed E-state index contributed by atoms with van der Waals surface area (Å²) in [7, 11) is 0. The van der Waals surface area contributed by atoms with Gasteiger partial charge in [-0.1, -0.05) is 39.0 Å². The van der Waals surface area contributed by atoms with Gasteiger partial charge in [0.1, 0.15) is 12.6 Å². The molecule has 0 heterocycles. The van der Waals surface area contributed by atoms with Crippen LogP contribution in [0.25, 0.3) is 0 Å². The molecule has 0 fully saturated rings. The number of anilines is 1. The predicted molar refractivity (Wildman–Crippen MR) is 94.6 cm³/mol. The molecule has 22 heavy (non-hydrogen) atoms. The van der Waals surface area contributed by atoms with Crippen LogP contribution in [-0.4, -0.2) is 31.2 Å². The number of amides is 1. The van der Waals surface area contributed by atoms with E-state index in [1.807, 2.05) is 45.9 Å². The number of benzene rings is 1. The molecular weight excluding hydrogens is 300 g/mol. The Balaban J connectivity index is 0.000000980. The van der Waals surface area contributed by atoms with Crippen molar-refractivity contribution in [3.8, 4) is 0 Å². The maximum atomic E-state index is 12.0. The Labute approximate surface area is 139 Å². The second kappa shape index (κ2) is 11.5. The number of hydrogen-bond donors (Lipinski definition) is 1. The Hall–Kier alpha value is -1.10. The first-order valence-electron chi connectivity index (χ1n) is 7.67. The number of para-hydroxylation sites is 1. The standard InChI is InChI=1S/C14H20ClNO2.C3H9N/c1-4-12-8-6-7-11(3)14(12)16(10-18-5-2)13(17)9-15;1-3(2)4/h6-8H,4-5,9-10H2,1-3H3;3H,4H2,1-2H3. The quantitative estimate of drug-likeness (QED) is 0.642. The average Bonchev–Trinajstić information content (AvgIpc) is 2.47. The van der Waals surface area contributed by atoms with Crippen LogP contribution in [0.3, 0.4) is 0 Å². The van der Waals surface area contributed by atoms with E-state index in [0.717, 1.165) is 23.2 Å². The fourth-order valence-corrected chi connectivity index (χ4v) is 2.05. The molecule has 0 unspecified atom stereocenters. The number of rotatable bonds is 6. The van der Waals surface area contributed by atoms with Gasteiger partial charge in [0.15, 0.2) is 0 Å². The summed E-state index contributed by atoms with van der Waals surface area (Å²) < 4.78 is 5.37. The maximum absolute atomic E-state index is 12.0. The largest absolute Gasteiger partial charge is 0.361 e. The highest BCUT2D eigenvalue weighted by atomic mass is 35.5. The Morgan fingerprint density at radius 2 is 1.95 bits per heavy atom. The molecule has 0 bridgehead atoms. The lowest BCUT2D eigenvalue weighted by Crippen LogP contribution is -2.35. The number of ether oxygens (including phenoxy) is 1. The van der Waals surface area contributed by atoms with Crippen molar-refractivity contribution >= 4 is 23.2 Å². The zero-order valence-corrected chi connectivity index (χ0v) is 15.1. The molecular formula is C17H29ClN2O2. The van der Waals surface area contributed by atoms with E-state index in [-0.39, 0.29) is 18.5 Å². The molecule has 1 rings (SSSR count). The molecule has 0 atom stereocenters. The van der Waals surface area contributed by atoms with Crippen LogP contribution in [0.5, 0.6) is 0 Å². The van der Waals surface area contributed by atoms with Crippen LogP contribution in [0.1, 0.15) is 38.8 Å². The van der Waals surface area contributed by atoms with Gasteiger partial charge < -0.3 is 10.5 Å². The summed E-state index contributed by atoms with van der Waals surface area (Å²) in [5.41, 5.74) is 8.24. The van der Waals surface area contributed by atoms with E-state index >= 15 is 0 Å². The van der Waals surface area contributed by atoms with Gasteiger partial charge in [0.2, 0.25) is 5.91 Å². The van der Waals surface area contributed by atoms with Crippen LogP contribution in [-0.2, 0) is 16.0 Å². The summed E-state index contributed by atoms with van der Waals surface area (Å²) in [6.07, 6.45) is 0.870. The van der Waals surface area contributed by atoms with Crippen molar-refractivity contribution in [3.63, 3.8) is 0 Å². The van der Waals surface area contributed by atoms with Crippen molar-refractivity contribution in [1.29, 1.82) is 0 Å². The van der Waals surface area contributed by atoms with Crippen molar-refractivity contribution < 1.29 is 9.53 Å². The summed E-state index contributed by atoms with van der Waals surface area (Å²) in [6.45, 7) is 10.7. The van der Waals surface area contributed by atoms with Gasteiger partial charge in [0, 0.05) is 6.61 Å². The topological polar surface area (TPSA) is 55.6 Å². The molecule has 1 aromatic carbocycles. The van der Waals surface area contributed by atoms with Gasteiger partial charge in [-0.2, -0.15) is 0 Å². The molecule has 0 aliphatic rings. The molecule has 5 heteroatoms. The smallest absolute Gasteiger partial charge is 0.243 e. The van der Waals surface area contributed by atoms with Crippen LogP contribution in [0.2, 0.25) is 0 Å². The molecule has 0 saturated carbocycles. The van der Waals surface area contributed by atoms with Crippen molar-refractivity contribution in [2.45, 2.75) is 47.1 Å². The van der Waals surface area contributed by atoms with Crippen LogP contribution in [0, 0.1) is 6.92 Å². The minimum absolute atomic E-state index is 0.0371. The third-order valence-electron chi connectivity index (χ3n) is 2.81. The molecule has 0 saturated heterocycles. The van der Waals surface area contributed by atoms with E-state index in [1.165, 1.54) is 0 Å². The molecule has 2 N–H and O–H groups in total. The van der Waals surface area contributed by atoms with Crippen LogP contribution >= 0.6 is 11.6 Å². The minimum atomic E-state index is -0.130. The van der Waals surface area contributed by atoms with Crippen molar-refractivity contribution in [1.82, 2.24) is 0 Å². The number of carbonyl (C=O) groups excluding carboxylic acids is 1. The Kier molecular flexibility index (Phi) is 10.9. The fourth-order valence-electron chi connectivity index (χ4n) is 1.91. The first-order chi connectivity index (χ1) is 10.4. The molecule has 4 nitrogen and oxygen atoms in total. The monoisotopic (exact) mass is 328 g/mol. The molecule has 1 aromatic rings. The fraction of sp³-hybridized carbons (Fsp3) is 0.588. The van der Waals surface area contributed by atoms with Crippen LogP contribution < -0.4 is 10.6 Å². The van der Waals surface area contributed by atoms with Crippen molar-refractivity contribution in [2.24, 2.45) is 5.73 Å². The Morgan fingerprint density at radius 1 is 1.36 bits per heavy atom. The molecule has 0 radical (unpaired) electrons. The van der Waals surface area contributed by atoms with E-state index in [4.69, 9.17) is 22.1 Å². The number of halogens is 1. The minimum Gasteiger partial charge on any atom is -0.361 e. The SMILES string of the molecule is CC(C)N.CCOCN(C(=O)CCl)c1c(C)cccc1CC. The summed E-state index contributed by atoms with van der Waals surface area (Å²) in [6, 6.07) is 6.36. The molecule has 1 amide bonds. The van der Waals surface area contributed by atoms with Crippen LogP contribution in [0.15, 0.2) is 18.2 Å². The van der Waals surface area contributed by atoms with Gasteiger partial charge >= 0.3 is 0 Å². The number of hydrogen-bond acceptors (Lipinski definition) is 3. The Morgan fingerprint density at radius 3 is 2.41 bits per heavy atom. The summed E-state index contributed by atoms with van der Waals surface area (Å²) >= 11 is 5.68. The molecule has 0 aromatic heterocycles. The first kappa shape index (κ1) is 20.9. The lowest BCUT2D eigenvalue weighted by Gasteiger charge is -2.25. The molecule has 0 spiro atoms. The second-order valence-corrected chi connectivity index (χ2v) is 5.52. The Bertz CT molecular complexity index is 448. The third-order valence-corrected chi connectivity index (χ3v) is 3.04. The molecule has 0 aliphatic carbocycles. The van der Waals surface area contributed by atoms with Crippen molar-refractivity contribution in [3.05, 3.63) is 29.3 Å². The number of carbonyl (C=O) groups is 1. The zero-order chi connectivity index (χ0) is 17.1. The molecule has 126 valence electrons. The van der Waals surface area contributed by atoms with Gasteiger partial charge in [-0.25, -0.2) is 0 Å². The highest BCUT2D eigenvalue weighted by Gasteiger charge is 2.19. The predicted octanol–water partition coefficient (Wildman–Crippen LogP) is 3.48. The number of nitrogens with zero attached hydrogens (tertiary/aromatic N) is 1. The highest BCUT2D eigenvalue weighted by molar-refractivity contribution is 6.29. The third kappa shape index (κ3) is 7.25. The highest BCUT2D eigenvalue weighted by Crippen LogP contribution is 2.26. The van der Waals surface area contributed by atoms with E-state index in [1.54, 1.807) is 4.90 Å². The van der Waals surface area contributed by atoms with E-state index in [9.17, 15) is 4.79 Å². The molecule has 0 aliphatic heterocycles. The lowest BCUT2D eigenvalue weighted by molar-refractivity contribution is -0.117. The lowest BCUT2D eigenvalue weighted by atomic mass is 10.0. The van der Waals surface area contributed by atoms with E-state index in [0.29, 0.717) is 12.6 Å². The summed E-state index contributed by atoms with van der Waals surface area (Å²) in [4.78, 5) is 13.6. The number of nitrogens with two attached hydrogens (primary N) is 1. The van der Waals surface area contributed by atoms with Gasteiger partial charge in [-0.15, -0.1) is 11.6 Å². The summed E-state index contributed by atoms with van der Waals surface area (Å²) in [5, 5.41) is 0. The van der Waals surface area contributed by atoms with Gasteiger partial charge in [0.25, 0.3) is 0 Å². The van der Waals surface area contributed by atoms with Gasteiger partial charge in [-0.05, 0) is 37.4 Å². The normalized spacial score (nSPS) is 10.2. The maximum Gasteiger partial charge on any atom is 0.243 e. The van der Waals surface area contributed by atoms with Gasteiger partial charge in [0.05, 0.1) is 5.69 Å². The van der Waals surface area contributed by atoms with E-state index in [2.05, 4.69) is 6.92 Å².